The van der Waals surface area contributed by atoms with Crippen molar-refractivity contribution < 1.29 is 19.4 Å². The molecule has 0 saturated heterocycles. The van der Waals surface area contributed by atoms with Crippen molar-refractivity contribution >= 4 is 23.6 Å². The third-order valence-corrected chi connectivity index (χ3v) is 2.83. The van der Waals surface area contributed by atoms with Crippen LogP contribution in [-0.2, 0) is 9.59 Å². The third-order valence-electron chi connectivity index (χ3n) is 1.87. The van der Waals surface area contributed by atoms with Crippen molar-refractivity contribution in [2.45, 2.75) is 18.1 Å². The van der Waals surface area contributed by atoms with E-state index in [1.54, 1.807) is 6.07 Å². The van der Waals surface area contributed by atoms with Crippen LogP contribution in [0.25, 0.3) is 0 Å². The van der Waals surface area contributed by atoms with Gasteiger partial charge in [0.25, 0.3) is 0 Å². The highest BCUT2D eigenvalue weighted by molar-refractivity contribution is 7.99. The third kappa shape index (κ3) is 4.58. The fraction of sp³-hybridized carbons (Fsp3) is 0.400. The van der Waals surface area contributed by atoms with Gasteiger partial charge in [-0.25, -0.2) is 9.78 Å². The van der Waals surface area contributed by atoms with E-state index in [4.69, 9.17) is 9.84 Å². The van der Waals surface area contributed by atoms with Gasteiger partial charge in [-0.1, -0.05) is 11.8 Å². The summed E-state index contributed by atoms with van der Waals surface area (Å²) in [4.78, 5) is 29.7. The molecular formula is C10H13N3O4S. The van der Waals surface area contributed by atoms with Crippen LogP contribution in [0.2, 0.25) is 0 Å². The van der Waals surface area contributed by atoms with E-state index in [1.165, 1.54) is 20.2 Å². The van der Waals surface area contributed by atoms with Gasteiger partial charge in [0, 0.05) is 24.9 Å². The van der Waals surface area contributed by atoms with Crippen molar-refractivity contribution in [3.63, 3.8) is 0 Å². The zero-order valence-electron chi connectivity index (χ0n) is 9.91. The molecular weight excluding hydrogens is 258 g/mol. The number of thioether (sulfide) groups is 1. The molecule has 2 N–H and O–H groups in total. The highest BCUT2D eigenvalue weighted by Crippen LogP contribution is 2.16. The molecule has 1 heterocycles. The van der Waals surface area contributed by atoms with Gasteiger partial charge in [0.05, 0.1) is 7.11 Å². The van der Waals surface area contributed by atoms with E-state index in [1.807, 2.05) is 0 Å². The summed E-state index contributed by atoms with van der Waals surface area (Å²) in [5.74, 6) is -0.948. The minimum atomic E-state index is -1.10. The zero-order chi connectivity index (χ0) is 13.5. The number of carboxylic acids is 1. The maximum atomic E-state index is 10.9. The number of aliphatic carboxylic acids is 1. The number of carbonyl (C=O) groups excluding carboxylic acids is 1. The molecule has 1 aromatic heterocycles. The van der Waals surface area contributed by atoms with Gasteiger partial charge in [0.2, 0.25) is 11.8 Å². The normalized spacial score (nSPS) is 11.7. The first kappa shape index (κ1) is 14.2. The van der Waals surface area contributed by atoms with Gasteiger partial charge in [-0.15, -0.1) is 0 Å². The zero-order valence-corrected chi connectivity index (χ0v) is 10.7. The van der Waals surface area contributed by atoms with Crippen LogP contribution in [0.5, 0.6) is 5.88 Å². The second-order valence-corrected chi connectivity index (χ2v) is 4.27. The van der Waals surface area contributed by atoms with Crippen LogP contribution in [0.3, 0.4) is 0 Å². The number of carboxylic acid groups (broad SMARTS) is 1. The molecule has 0 radical (unpaired) electrons. The van der Waals surface area contributed by atoms with Crippen molar-refractivity contribution in [2.24, 2.45) is 0 Å². The summed E-state index contributed by atoms with van der Waals surface area (Å²) in [6, 6.07) is 0.620. The first-order valence-corrected chi connectivity index (χ1v) is 6.01. The monoisotopic (exact) mass is 271 g/mol. The molecule has 98 valence electrons. The summed E-state index contributed by atoms with van der Waals surface area (Å²) in [7, 11) is 1.48. The van der Waals surface area contributed by atoms with Crippen LogP contribution in [-0.4, -0.2) is 45.9 Å². The predicted molar refractivity (Wildman–Crippen MR) is 64.5 cm³/mol. The van der Waals surface area contributed by atoms with Gasteiger partial charge in [0.1, 0.15) is 6.04 Å². The molecule has 1 amide bonds. The lowest BCUT2D eigenvalue weighted by Gasteiger charge is -2.11. The quantitative estimate of drug-likeness (QED) is 0.561. The van der Waals surface area contributed by atoms with Crippen LogP contribution in [0.15, 0.2) is 17.4 Å². The van der Waals surface area contributed by atoms with Gasteiger partial charge < -0.3 is 15.2 Å². The Hall–Kier alpha value is -1.83. The average Bonchev–Trinajstić information content (AvgIpc) is 2.34. The predicted octanol–water partition coefficient (Wildman–Crippen LogP) is 0.167. The first-order chi connectivity index (χ1) is 8.52. The molecule has 18 heavy (non-hydrogen) atoms. The number of rotatable bonds is 6. The summed E-state index contributed by atoms with van der Waals surface area (Å²) in [5, 5.41) is 11.6. The molecule has 0 aliphatic rings. The van der Waals surface area contributed by atoms with Crippen LogP contribution < -0.4 is 10.1 Å². The standard InChI is InChI=1S/C10H13N3O4S/c1-6(14)12-7(9(15)16)5-18-10-11-4-3-8(13-10)17-2/h3-4,7H,5H2,1-2H3,(H,12,14)(H,15,16)/t7-/m0/s1. The Bertz CT molecular complexity index is 441. The van der Waals surface area contributed by atoms with Crippen LogP contribution in [0, 0.1) is 0 Å². The highest BCUT2D eigenvalue weighted by Gasteiger charge is 2.19. The molecule has 1 atom stereocenters. The van der Waals surface area contributed by atoms with Gasteiger partial charge in [0.15, 0.2) is 5.16 Å². The SMILES string of the molecule is COc1ccnc(SC[C@H](NC(C)=O)C(=O)O)n1. The van der Waals surface area contributed by atoms with E-state index in [0.717, 1.165) is 11.8 Å². The van der Waals surface area contributed by atoms with Gasteiger partial charge in [-0.3, -0.25) is 4.79 Å². The first-order valence-electron chi connectivity index (χ1n) is 5.02. The molecule has 0 unspecified atom stereocenters. The smallest absolute Gasteiger partial charge is 0.327 e. The highest BCUT2D eigenvalue weighted by atomic mass is 32.2. The number of hydrogen-bond donors (Lipinski definition) is 2. The number of nitrogens with one attached hydrogen (secondary N) is 1. The summed E-state index contributed by atoms with van der Waals surface area (Å²) in [6.45, 7) is 1.27. The fourth-order valence-corrected chi connectivity index (χ4v) is 1.92. The van der Waals surface area contributed by atoms with Crippen LogP contribution in [0.4, 0.5) is 0 Å². The number of nitrogens with zero attached hydrogens (tertiary/aromatic N) is 2. The Balaban J connectivity index is 2.60. The summed E-state index contributed by atoms with van der Waals surface area (Å²) >= 11 is 1.13. The number of amides is 1. The van der Waals surface area contributed by atoms with Gasteiger partial charge in [-0.05, 0) is 0 Å². The lowest BCUT2D eigenvalue weighted by molar-refractivity contribution is -0.140. The van der Waals surface area contributed by atoms with Crippen molar-refractivity contribution in [2.75, 3.05) is 12.9 Å². The van der Waals surface area contributed by atoms with E-state index in [-0.39, 0.29) is 5.75 Å². The average molecular weight is 271 g/mol. The molecule has 0 aliphatic carbocycles. The molecule has 8 heteroatoms. The maximum absolute atomic E-state index is 10.9. The molecule has 0 aliphatic heterocycles. The Morgan fingerprint density at radius 1 is 1.61 bits per heavy atom. The lowest BCUT2D eigenvalue weighted by atomic mass is 10.3. The van der Waals surface area contributed by atoms with E-state index >= 15 is 0 Å². The molecule has 0 saturated carbocycles. The number of hydrogen-bond acceptors (Lipinski definition) is 6. The molecule has 0 bridgehead atoms. The van der Waals surface area contributed by atoms with Crippen molar-refractivity contribution in [1.29, 1.82) is 0 Å². The second-order valence-electron chi connectivity index (χ2n) is 3.28. The largest absolute Gasteiger partial charge is 0.481 e. The van der Waals surface area contributed by atoms with E-state index in [2.05, 4.69) is 15.3 Å². The Labute approximate surface area is 108 Å². The van der Waals surface area contributed by atoms with Crippen LogP contribution >= 0.6 is 11.8 Å². The summed E-state index contributed by atoms with van der Waals surface area (Å²) < 4.78 is 4.92. The summed E-state index contributed by atoms with van der Waals surface area (Å²) in [5.41, 5.74) is 0. The Morgan fingerprint density at radius 3 is 2.89 bits per heavy atom. The molecule has 0 aromatic carbocycles. The molecule has 7 nitrogen and oxygen atoms in total. The van der Waals surface area contributed by atoms with Gasteiger partial charge >= 0.3 is 5.97 Å². The molecule has 1 rings (SSSR count). The molecule has 1 aromatic rings. The second kappa shape index (κ2) is 6.80. The Morgan fingerprint density at radius 2 is 2.33 bits per heavy atom. The lowest BCUT2D eigenvalue weighted by Crippen LogP contribution is -2.41. The number of ether oxygens (including phenoxy) is 1. The number of methoxy groups -OCH3 is 1. The topological polar surface area (TPSA) is 101 Å². The summed E-state index contributed by atoms with van der Waals surface area (Å²) in [6.07, 6.45) is 1.52. The Kier molecular flexibility index (Phi) is 5.37. The molecule has 0 fully saturated rings. The minimum absolute atomic E-state index is 0.141. The van der Waals surface area contributed by atoms with Gasteiger partial charge in [-0.2, -0.15) is 4.98 Å². The van der Waals surface area contributed by atoms with Crippen molar-refractivity contribution in [1.82, 2.24) is 15.3 Å². The molecule has 0 spiro atoms. The van der Waals surface area contributed by atoms with Crippen molar-refractivity contribution in [3.05, 3.63) is 12.3 Å². The van der Waals surface area contributed by atoms with Crippen LogP contribution in [0.1, 0.15) is 6.92 Å². The van der Waals surface area contributed by atoms with E-state index in [0.29, 0.717) is 11.0 Å². The van der Waals surface area contributed by atoms with Crippen molar-refractivity contribution in [3.8, 4) is 5.88 Å². The number of aromatic nitrogens is 2. The van der Waals surface area contributed by atoms with E-state index < -0.39 is 17.9 Å². The van der Waals surface area contributed by atoms with E-state index in [9.17, 15) is 9.59 Å². The minimum Gasteiger partial charge on any atom is -0.481 e. The maximum Gasteiger partial charge on any atom is 0.327 e. The fourth-order valence-electron chi connectivity index (χ4n) is 1.09. The number of carbonyl (C=O) groups is 2.